The molecule has 0 N–H and O–H groups in total. The molecular weight excluding hydrogens is 310 g/mol. The molecule has 0 radical (unpaired) electrons. The summed E-state index contributed by atoms with van der Waals surface area (Å²) in [7, 11) is 2.91. The maximum absolute atomic E-state index is 12.3. The molecule has 0 aromatic heterocycles. The van der Waals surface area contributed by atoms with Crippen molar-refractivity contribution in [1.29, 1.82) is 0 Å². The molecule has 1 aliphatic rings. The highest BCUT2D eigenvalue weighted by Gasteiger charge is 2.35. The maximum Gasteiger partial charge on any atom is 0.328 e. The van der Waals surface area contributed by atoms with Gasteiger partial charge in [-0.15, -0.1) is 0 Å². The van der Waals surface area contributed by atoms with E-state index < -0.39 is 12.0 Å². The maximum atomic E-state index is 12.3. The predicted molar refractivity (Wildman–Crippen MR) is 88.7 cm³/mol. The number of rotatable bonds is 7. The Balaban J connectivity index is 2.09. The summed E-state index contributed by atoms with van der Waals surface area (Å²) in [6.07, 6.45) is 1.95. The molecule has 1 aliphatic heterocycles. The van der Waals surface area contributed by atoms with E-state index in [1.807, 2.05) is 19.9 Å². The predicted octanol–water partition coefficient (Wildman–Crippen LogP) is 2.39. The summed E-state index contributed by atoms with van der Waals surface area (Å²) in [6.45, 7) is 4.23. The molecule has 0 aliphatic carbocycles. The molecule has 0 spiro atoms. The van der Waals surface area contributed by atoms with Crippen LogP contribution >= 0.6 is 0 Å². The third-order valence-corrected chi connectivity index (χ3v) is 3.73. The fourth-order valence-electron chi connectivity index (χ4n) is 2.59. The molecule has 24 heavy (non-hydrogen) atoms. The molecule has 1 amide bonds. The minimum absolute atomic E-state index is 0.239. The first-order valence-electron chi connectivity index (χ1n) is 7.85. The first-order chi connectivity index (χ1) is 11.4. The van der Waals surface area contributed by atoms with Crippen LogP contribution in [0.5, 0.6) is 11.5 Å². The van der Waals surface area contributed by atoms with Crippen LogP contribution in [-0.2, 0) is 14.3 Å². The zero-order chi connectivity index (χ0) is 17.7. The molecule has 1 aromatic carbocycles. The second kappa shape index (κ2) is 7.86. The van der Waals surface area contributed by atoms with Crippen LogP contribution in [0.15, 0.2) is 36.1 Å². The van der Waals surface area contributed by atoms with Crippen molar-refractivity contribution in [3.8, 4) is 11.5 Å². The van der Waals surface area contributed by atoms with E-state index in [-0.39, 0.29) is 18.4 Å². The van der Waals surface area contributed by atoms with Crippen LogP contribution in [0.25, 0.3) is 0 Å². The third-order valence-electron chi connectivity index (χ3n) is 3.73. The standard InChI is InChI=1S/C18H23NO5/c1-12(2)8-16(18(21)23-4)19-11-15(10-17(19)20)24-14-7-5-6-13(9-14)22-3/h5-7,9-10,12,16H,8,11H2,1-4H3/t16-/m0/s1. The van der Waals surface area contributed by atoms with Crippen molar-refractivity contribution < 1.29 is 23.8 Å². The van der Waals surface area contributed by atoms with Crippen LogP contribution in [0, 0.1) is 5.92 Å². The molecule has 6 heteroatoms. The van der Waals surface area contributed by atoms with Crippen molar-refractivity contribution in [2.75, 3.05) is 20.8 Å². The number of carbonyl (C=O) groups excluding carboxylic acids is 2. The lowest BCUT2D eigenvalue weighted by Gasteiger charge is -2.27. The Kier molecular flexibility index (Phi) is 5.84. The number of esters is 1. The molecule has 0 unspecified atom stereocenters. The monoisotopic (exact) mass is 333 g/mol. The van der Waals surface area contributed by atoms with E-state index in [2.05, 4.69) is 0 Å². The van der Waals surface area contributed by atoms with Crippen LogP contribution in [-0.4, -0.2) is 43.6 Å². The molecule has 130 valence electrons. The van der Waals surface area contributed by atoms with Gasteiger partial charge in [-0.05, 0) is 24.5 Å². The van der Waals surface area contributed by atoms with Gasteiger partial charge < -0.3 is 19.1 Å². The summed E-state index contributed by atoms with van der Waals surface area (Å²) in [5.41, 5.74) is 0. The van der Waals surface area contributed by atoms with Gasteiger partial charge in [-0.2, -0.15) is 0 Å². The molecule has 2 rings (SSSR count). The average molecular weight is 333 g/mol. The fourth-order valence-corrected chi connectivity index (χ4v) is 2.59. The molecule has 1 aromatic rings. The number of methoxy groups -OCH3 is 2. The van der Waals surface area contributed by atoms with Gasteiger partial charge in [0.15, 0.2) is 0 Å². The Morgan fingerprint density at radius 3 is 2.58 bits per heavy atom. The van der Waals surface area contributed by atoms with E-state index in [4.69, 9.17) is 14.2 Å². The van der Waals surface area contributed by atoms with Crippen LogP contribution < -0.4 is 9.47 Å². The quantitative estimate of drug-likeness (QED) is 0.717. The van der Waals surface area contributed by atoms with E-state index in [1.54, 1.807) is 25.3 Å². The van der Waals surface area contributed by atoms with Crippen molar-refractivity contribution in [3.05, 3.63) is 36.1 Å². The Bertz CT molecular complexity index is 638. The molecule has 1 atom stereocenters. The number of benzene rings is 1. The average Bonchev–Trinajstić information content (AvgIpc) is 2.92. The Hall–Kier alpha value is -2.50. The number of nitrogens with zero attached hydrogens (tertiary/aromatic N) is 1. The van der Waals surface area contributed by atoms with E-state index in [0.717, 1.165) is 0 Å². The number of carbonyl (C=O) groups is 2. The highest BCUT2D eigenvalue weighted by atomic mass is 16.5. The number of amides is 1. The second-order valence-corrected chi connectivity index (χ2v) is 6.03. The highest BCUT2D eigenvalue weighted by Crippen LogP contribution is 2.25. The molecule has 6 nitrogen and oxygen atoms in total. The fraction of sp³-hybridized carbons (Fsp3) is 0.444. The number of hydrogen-bond donors (Lipinski definition) is 0. The molecule has 0 saturated carbocycles. The van der Waals surface area contributed by atoms with E-state index in [1.165, 1.54) is 18.1 Å². The van der Waals surface area contributed by atoms with Gasteiger partial charge in [0.05, 0.1) is 20.8 Å². The second-order valence-electron chi connectivity index (χ2n) is 6.03. The lowest BCUT2D eigenvalue weighted by Crippen LogP contribution is -2.44. The summed E-state index contributed by atoms with van der Waals surface area (Å²) in [4.78, 5) is 25.8. The van der Waals surface area contributed by atoms with E-state index >= 15 is 0 Å². The van der Waals surface area contributed by atoms with Gasteiger partial charge in [-0.1, -0.05) is 19.9 Å². The van der Waals surface area contributed by atoms with Crippen LogP contribution in [0.2, 0.25) is 0 Å². The van der Waals surface area contributed by atoms with Crippen molar-refractivity contribution in [2.45, 2.75) is 26.3 Å². The van der Waals surface area contributed by atoms with Crippen molar-refractivity contribution in [1.82, 2.24) is 4.90 Å². The normalized spacial score (nSPS) is 15.3. The molecular formula is C18H23NO5. The Morgan fingerprint density at radius 1 is 1.25 bits per heavy atom. The zero-order valence-corrected chi connectivity index (χ0v) is 14.4. The lowest BCUT2D eigenvalue weighted by atomic mass is 10.0. The Morgan fingerprint density at radius 2 is 1.96 bits per heavy atom. The summed E-state index contributed by atoms with van der Waals surface area (Å²) >= 11 is 0. The zero-order valence-electron chi connectivity index (χ0n) is 14.4. The van der Waals surface area contributed by atoms with Gasteiger partial charge in [0.25, 0.3) is 5.91 Å². The van der Waals surface area contributed by atoms with Crippen LogP contribution in [0.1, 0.15) is 20.3 Å². The largest absolute Gasteiger partial charge is 0.497 e. The summed E-state index contributed by atoms with van der Waals surface area (Å²) in [5, 5.41) is 0. The minimum atomic E-state index is -0.606. The van der Waals surface area contributed by atoms with Crippen LogP contribution in [0.4, 0.5) is 0 Å². The summed E-state index contributed by atoms with van der Waals surface area (Å²) in [6, 6.07) is 6.52. The lowest BCUT2D eigenvalue weighted by molar-refractivity contribution is -0.151. The molecule has 0 bridgehead atoms. The topological polar surface area (TPSA) is 65.1 Å². The molecule has 0 saturated heterocycles. The number of hydrogen-bond acceptors (Lipinski definition) is 5. The van der Waals surface area contributed by atoms with Gasteiger partial charge in [-0.3, -0.25) is 4.79 Å². The summed E-state index contributed by atoms with van der Waals surface area (Å²) < 4.78 is 15.7. The van der Waals surface area contributed by atoms with E-state index in [9.17, 15) is 9.59 Å². The first kappa shape index (κ1) is 17.8. The minimum Gasteiger partial charge on any atom is -0.497 e. The van der Waals surface area contributed by atoms with Crippen molar-refractivity contribution >= 4 is 11.9 Å². The van der Waals surface area contributed by atoms with E-state index in [0.29, 0.717) is 23.7 Å². The third kappa shape index (κ3) is 4.28. The first-order valence-corrected chi connectivity index (χ1v) is 7.85. The van der Waals surface area contributed by atoms with Crippen molar-refractivity contribution in [2.24, 2.45) is 5.92 Å². The van der Waals surface area contributed by atoms with Gasteiger partial charge in [0.1, 0.15) is 23.3 Å². The van der Waals surface area contributed by atoms with Crippen molar-refractivity contribution in [3.63, 3.8) is 0 Å². The van der Waals surface area contributed by atoms with Gasteiger partial charge >= 0.3 is 5.97 Å². The van der Waals surface area contributed by atoms with Gasteiger partial charge in [-0.25, -0.2) is 4.79 Å². The molecule has 1 heterocycles. The smallest absolute Gasteiger partial charge is 0.328 e. The van der Waals surface area contributed by atoms with Gasteiger partial charge in [0, 0.05) is 12.1 Å². The molecule has 0 fully saturated rings. The van der Waals surface area contributed by atoms with Crippen LogP contribution in [0.3, 0.4) is 0 Å². The Labute approximate surface area is 142 Å². The van der Waals surface area contributed by atoms with Gasteiger partial charge in [0.2, 0.25) is 0 Å². The number of ether oxygens (including phenoxy) is 3. The SMILES string of the molecule is COC(=O)[C@H](CC(C)C)N1CC(Oc2cccc(OC)c2)=CC1=O. The summed E-state index contributed by atoms with van der Waals surface area (Å²) in [5.74, 6) is 1.34. The highest BCUT2D eigenvalue weighted by molar-refractivity contribution is 5.94.